The Morgan fingerprint density at radius 2 is 1.88 bits per heavy atom. The number of carbonyl (C=O) groups is 1. The van der Waals surface area contributed by atoms with Crippen molar-refractivity contribution in [2.45, 2.75) is 19.0 Å². The number of hydrogen-bond acceptors (Lipinski definition) is 3. The summed E-state index contributed by atoms with van der Waals surface area (Å²) >= 11 is 0. The van der Waals surface area contributed by atoms with E-state index in [9.17, 15) is 4.79 Å². The molecule has 4 rings (SSSR count). The van der Waals surface area contributed by atoms with Gasteiger partial charge in [0, 0.05) is 12.1 Å². The normalized spacial score (nSPS) is 16.7. The Balaban J connectivity index is 1.71. The Morgan fingerprint density at radius 3 is 2.67 bits per heavy atom. The first kappa shape index (κ1) is 14.6. The number of nitrogens with zero attached hydrogens (tertiary/aromatic N) is 4. The molecule has 1 unspecified atom stereocenters. The first-order valence-corrected chi connectivity index (χ1v) is 8.09. The van der Waals surface area contributed by atoms with Gasteiger partial charge in [-0.3, -0.25) is 9.48 Å². The molecule has 0 bridgehead atoms. The van der Waals surface area contributed by atoms with E-state index in [2.05, 4.69) is 28.3 Å². The van der Waals surface area contributed by atoms with Crippen LogP contribution in [0.2, 0.25) is 0 Å². The van der Waals surface area contributed by atoms with Crippen LogP contribution < -0.4 is 0 Å². The maximum absolute atomic E-state index is 13.0. The minimum atomic E-state index is -0.0376. The average molecular weight is 318 g/mol. The lowest BCUT2D eigenvalue weighted by Crippen LogP contribution is -2.42. The van der Waals surface area contributed by atoms with Gasteiger partial charge in [-0.1, -0.05) is 42.5 Å². The lowest BCUT2D eigenvalue weighted by molar-refractivity contribution is 0.0636. The smallest absolute Gasteiger partial charge is 0.254 e. The van der Waals surface area contributed by atoms with Gasteiger partial charge in [-0.05, 0) is 29.7 Å². The van der Waals surface area contributed by atoms with Gasteiger partial charge in [0.1, 0.15) is 12.7 Å². The van der Waals surface area contributed by atoms with E-state index >= 15 is 0 Å². The number of amides is 1. The summed E-state index contributed by atoms with van der Waals surface area (Å²) in [5.41, 5.74) is 3.23. The minimum Gasteiger partial charge on any atom is -0.329 e. The van der Waals surface area contributed by atoms with Crippen molar-refractivity contribution in [3.8, 4) is 0 Å². The maximum Gasteiger partial charge on any atom is 0.254 e. The zero-order valence-electron chi connectivity index (χ0n) is 13.2. The highest BCUT2D eigenvalue weighted by molar-refractivity contribution is 5.94. The standard InChI is InChI=1S/C19H18N4O/c24-19(16-7-2-1-3-8-16)23-11-10-15-6-4-5-9-17(15)18(23)12-22-14-20-13-21-22/h1-9,13-14,18H,10-12H2. The molecule has 2 aromatic carbocycles. The van der Waals surface area contributed by atoms with E-state index in [1.165, 1.54) is 17.5 Å². The zero-order chi connectivity index (χ0) is 16.4. The second-order valence-corrected chi connectivity index (χ2v) is 5.95. The van der Waals surface area contributed by atoms with Crippen LogP contribution in [-0.4, -0.2) is 32.1 Å². The predicted molar refractivity (Wildman–Crippen MR) is 90.4 cm³/mol. The maximum atomic E-state index is 13.0. The lowest BCUT2D eigenvalue weighted by Gasteiger charge is -2.37. The van der Waals surface area contributed by atoms with Crippen molar-refractivity contribution in [3.63, 3.8) is 0 Å². The molecule has 0 saturated carbocycles. The summed E-state index contributed by atoms with van der Waals surface area (Å²) in [5, 5.41) is 4.22. The van der Waals surface area contributed by atoms with Crippen molar-refractivity contribution in [1.82, 2.24) is 19.7 Å². The lowest BCUT2D eigenvalue weighted by atomic mass is 9.92. The molecule has 3 aromatic rings. The van der Waals surface area contributed by atoms with Crippen molar-refractivity contribution >= 4 is 5.91 Å². The van der Waals surface area contributed by atoms with Gasteiger partial charge >= 0.3 is 0 Å². The molecule has 0 radical (unpaired) electrons. The summed E-state index contributed by atoms with van der Waals surface area (Å²) in [6.45, 7) is 1.32. The van der Waals surface area contributed by atoms with Crippen LogP contribution in [0.1, 0.15) is 27.5 Å². The number of hydrogen-bond donors (Lipinski definition) is 0. The Labute approximate surface area is 140 Å². The van der Waals surface area contributed by atoms with Crippen molar-refractivity contribution < 1.29 is 4.79 Å². The fraction of sp³-hybridized carbons (Fsp3) is 0.211. The predicted octanol–water partition coefficient (Wildman–Crippen LogP) is 2.72. The molecule has 1 aliphatic rings. The number of fused-ring (bicyclic) bond motifs is 1. The molecule has 1 atom stereocenters. The van der Waals surface area contributed by atoms with Gasteiger partial charge in [-0.2, -0.15) is 5.10 Å². The summed E-state index contributed by atoms with van der Waals surface area (Å²) in [7, 11) is 0. The number of rotatable bonds is 3. The molecule has 1 aromatic heterocycles. The van der Waals surface area contributed by atoms with Gasteiger partial charge < -0.3 is 4.90 Å². The van der Waals surface area contributed by atoms with Crippen LogP contribution in [0, 0.1) is 0 Å². The van der Waals surface area contributed by atoms with E-state index < -0.39 is 0 Å². The molecule has 1 amide bonds. The highest BCUT2D eigenvalue weighted by atomic mass is 16.2. The fourth-order valence-corrected chi connectivity index (χ4v) is 3.34. The van der Waals surface area contributed by atoms with Crippen LogP contribution in [0.25, 0.3) is 0 Å². The molecule has 0 aliphatic carbocycles. The van der Waals surface area contributed by atoms with Gasteiger partial charge in [0.2, 0.25) is 0 Å². The molecule has 5 nitrogen and oxygen atoms in total. The second-order valence-electron chi connectivity index (χ2n) is 5.95. The van der Waals surface area contributed by atoms with E-state index in [1.807, 2.05) is 41.3 Å². The quantitative estimate of drug-likeness (QED) is 0.746. The Kier molecular flexibility index (Phi) is 3.83. The molecule has 24 heavy (non-hydrogen) atoms. The third-order valence-corrected chi connectivity index (χ3v) is 4.52. The zero-order valence-corrected chi connectivity index (χ0v) is 13.2. The van der Waals surface area contributed by atoms with Crippen LogP contribution in [0.15, 0.2) is 67.3 Å². The van der Waals surface area contributed by atoms with Gasteiger partial charge in [-0.25, -0.2) is 4.98 Å². The highest BCUT2D eigenvalue weighted by Crippen LogP contribution is 2.32. The average Bonchev–Trinajstić information content (AvgIpc) is 3.15. The fourth-order valence-electron chi connectivity index (χ4n) is 3.34. The first-order valence-electron chi connectivity index (χ1n) is 8.09. The number of aromatic nitrogens is 3. The van der Waals surface area contributed by atoms with Crippen LogP contribution in [-0.2, 0) is 13.0 Å². The summed E-state index contributed by atoms with van der Waals surface area (Å²) in [4.78, 5) is 19.0. The molecule has 120 valence electrons. The Hall–Kier alpha value is -2.95. The molecule has 0 spiro atoms. The highest BCUT2D eigenvalue weighted by Gasteiger charge is 2.31. The van der Waals surface area contributed by atoms with Crippen LogP contribution in [0.5, 0.6) is 0 Å². The van der Waals surface area contributed by atoms with Crippen LogP contribution in [0.4, 0.5) is 0 Å². The minimum absolute atomic E-state index is 0.0376. The summed E-state index contributed by atoms with van der Waals surface area (Å²) in [5.74, 6) is 0.0650. The van der Waals surface area contributed by atoms with E-state index in [0.29, 0.717) is 13.1 Å². The molecular formula is C19H18N4O. The Morgan fingerprint density at radius 1 is 1.08 bits per heavy atom. The van der Waals surface area contributed by atoms with E-state index in [-0.39, 0.29) is 11.9 Å². The van der Waals surface area contributed by atoms with E-state index in [4.69, 9.17) is 0 Å². The molecule has 0 N–H and O–H groups in total. The molecule has 2 heterocycles. The molecule has 0 fully saturated rings. The largest absolute Gasteiger partial charge is 0.329 e. The second kappa shape index (κ2) is 6.28. The molecule has 0 saturated heterocycles. The third-order valence-electron chi connectivity index (χ3n) is 4.52. The van der Waals surface area contributed by atoms with Crippen molar-refractivity contribution in [2.24, 2.45) is 0 Å². The number of benzene rings is 2. The van der Waals surface area contributed by atoms with E-state index in [0.717, 1.165) is 12.0 Å². The van der Waals surface area contributed by atoms with Gasteiger partial charge in [0.25, 0.3) is 5.91 Å². The number of carbonyl (C=O) groups excluding carboxylic acids is 1. The van der Waals surface area contributed by atoms with Crippen LogP contribution in [0.3, 0.4) is 0 Å². The summed E-state index contributed by atoms with van der Waals surface area (Å²) in [6.07, 6.45) is 4.10. The summed E-state index contributed by atoms with van der Waals surface area (Å²) < 4.78 is 1.79. The molecule has 5 heteroatoms. The summed E-state index contributed by atoms with van der Waals surface area (Å²) in [6, 6.07) is 17.8. The molecular weight excluding hydrogens is 300 g/mol. The van der Waals surface area contributed by atoms with Crippen molar-refractivity contribution in [1.29, 1.82) is 0 Å². The van der Waals surface area contributed by atoms with Gasteiger partial charge in [0.05, 0.1) is 12.6 Å². The van der Waals surface area contributed by atoms with Crippen LogP contribution >= 0.6 is 0 Å². The van der Waals surface area contributed by atoms with Gasteiger partial charge in [-0.15, -0.1) is 0 Å². The van der Waals surface area contributed by atoms with Crippen molar-refractivity contribution in [3.05, 3.63) is 83.9 Å². The topological polar surface area (TPSA) is 51.0 Å². The van der Waals surface area contributed by atoms with Gasteiger partial charge in [0.15, 0.2) is 0 Å². The van der Waals surface area contributed by atoms with Crippen molar-refractivity contribution in [2.75, 3.05) is 6.54 Å². The van der Waals surface area contributed by atoms with E-state index in [1.54, 1.807) is 11.0 Å². The molecule has 1 aliphatic heterocycles. The first-order chi connectivity index (χ1) is 11.8. The SMILES string of the molecule is O=C(c1ccccc1)N1CCc2ccccc2C1Cn1cncn1. The monoisotopic (exact) mass is 318 g/mol. The Bertz CT molecular complexity index is 830. The third kappa shape index (κ3) is 2.69.